The summed E-state index contributed by atoms with van der Waals surface area (Å²) in [6.45, 7) is 3.54. The molecule has 0 spiro atoms. The van der Waals surface area contributed by atoms with Crippen molar-refractivity contribution < 1.29 is 24.1 Å². The van der Waals surface area contributed by atoms with E-state index in [1.165, 1.54) is 24.3 Å². The fourth-order valence-corrected chi connectivity index (χ4v) is 4.84. The van der Waals surface area contributed by atoms with Crippen molar-refractivity contribution in [2.75, 3.05) is 0 Å². The van der Waals surface area contributed by atoms with Crippen LogP contribution in [-0.4, -0.2) is 44.5 Å². The van der Waals surface area contributed by atoms with Crippen molar-refractivity contribution in [2.24, 2.45) is 17.8 Å². The summed E-state index contributed by atoms with van der Waals surface area (Å²) in [5.74, 6) is -3.64. The van der Waals surface area contributed by atoms with Crippen LogP contribution in [0.5, 0.6) is 0 Å². The van der Waals surface area contributed by atoms with Crippen LogP contribution < -0.4 is 0 Å². The van der Waals surface area contributed by atoms with Crippen molar-refractivity contribution in [3.8, 4) is 0 Å². The van der Waals surface area contributed by atoms with Gasteiger partial charge in [0.2, 0.25) is 0 Å². The summed E-state index contributed by atoms with van der Waals surface area (Å²) in [6, 6.07) is 12.1. The van der Waals surface area contributed by atoms with E-state index < -0.39 is 46.3 Å². The number of nitro benzene ring substituents is 1. The molecule has 1 aliphatic heterocycles. The molecule has 4 rings (SSSR count). The van der Waals surface area contributed by atoms with E-state index in [9.17, 15) is 29.3 Å². The highest BCUT2D eigenvalue weighted by atomic mass is 16.6. The number of nitro groups is 1. The van der Waals surface area contributed by atoms with Gasteiger partial charge in [-0.1, -0.05) is 56.3 Å². The molecule has 1 fully saturated rings. The number of fused-ring (bicyclic) bond motifs is 1. The summed E-state index contributed by atoms with van der Waals surface area (Å²) in [4.78, 5) is 64.7. The number of ketones is 1. The zero-order chi connectivity index (χ0) is 25.3. The minimum atomic E-state index is -1.13. The van der Waals surface area contributed by atoms with Gasteiger partial charge in [-0.05, 0) is 30.9 Å². The first-order chi connectivity index (χ1) is 16.8. The van der Waals surface area contributed by atoms with Crippen molar-refractivity contribution in [3.63, 3.8) is 0 Å². The Morgan fingerprint density at radius 2 is 1.71 bits per heavy atom. The molecule has 1 heterocycles. The van der Waals surface area contributed by atoms with Crippen LogP contribution in [0.1, 0.15) is 47.4 Å². The molecule has 2 aromatic carbocycles. The molecule has 180 valence electrons. The Morgan fingerprint density at radius 3 is 2.29 bits per heavy atom. The van der Waals surface area contributed by atoms with Crippen molar-refractivity contribution in [2.45, 2.75) is 32.7 Å². The molecule has 0 saturated carbocycles. The molecular weight excluding hydrogens is 450 g/mol. The molecule has 9 heteroatoms. The number of benzene rings is 2. The van der Waals surface area contributed by atoms with Gasteiger partial charge in [0.05, 0.1) is 16.8 Å². The Bertz CT molecular complexity index is 1210. The lowest BCUT2D eigenvalue weighted by atomic mass is 9.78. The number of hydrazine groups is 1. The second kappa shape index (κ2) is 9.61. The van der Waals surface area contributed by atoms with Gasteiger partial charge in [0, 0.05) is 23.3 Å². The molecule has 9 nitrogen and oxygen atoms in total. The maximum Gasteiger partial charge on any atom is 0.273 e. The number of allylic oxidation sites excluding steroid dienone is 2. The number of non-ortho nitro benzene ring substituents is 1. The van der Waals surface area contributed by atoms with Crippen molar-refractivity contribution in [3.05, 3.63) is 88.0 Å². The number of hydrogen-bond acceptors (Lipinski definition) is 6. The van der Waals surface area contributed by atoms with Gasteiger partial charge in [-0.15, -0.1) is 0 Å². The van der Waals surface area contributed by atoms with E-state index in [0.717, 1.165) is 10.0 Å². The van der Waals surface area contributed by atoms with Crippen molar-refractivity contribution in [1.82, 2.24) is 10.0 Å². The quantitative estimate of drug-likeness (QED) is 0.198. The number of hydrogen-bond donors (Lipinski definition) is 0. The van der Waals surface area contributed by atoms with Gasteiger partial charge < -0.3 is 0 Å². The highest BCUT2D eigenvalue weighted by molar-refractivity contribution is 6.10. The van der Waals surface area contributed by atoms with E-state index in [2.05, 4.69) is 0 Å². The van der Waals surface area contributed by atoms with Gasteiger partial charge in [0.15, 0.2) is 5.78 Å². The van der Waals surface area contributed by atoms with Crippen LogP contribution in [0, 0.1) is 27.9 Å². The number of amides is 3. The second-order valence-electron chi connectivity index (χ2n) is 8.75. The van der Waals surface area contributed by atoms with Crippen LogP contribution in [0.2, 0.25) is 0 Å². The third-order valence-corrected chi connectivity index (χ3v) is 6.64. The maximum atomic E-state index is 13.8. The first-order valence-corrected chi connectivity index (χ1v) is 11.5. The molecule has 1 saturated heterocycles. The molecule has 4 atom stereocenters. The number of rotatable bonds is 7. The summed E-state index contributed by atoms with van der Waals surface area (Å²) in [5.41, 5.74) is 0.156. The van der Waals surface area contributed by atoms with Crippen molar-refractivity contribution >= 4 is 29.2 Å². The Hall–Kier alpha value is -4.14. The number of carbonyl (C=O) groups is 4. The topological polar surface area (TPSA) is 118 Å². The first-order valence-electron chi connectivity index (χ1n) is 11.5. The molecule has 0 aromatic heterocycles. The summed E-state index contributed by atoms with van der Waals surface area (Å²) >= 11 is 0. The normalized spacial score (nSPS) is 22.0. The third-order valence-electron chi connectivity index (χ3n) is 6.64. The molecule has 1 aliphatic carbocycles. The smallest absolute Gasteiger partial charge is 0.273 e. The summed E-state index contributed by atoms with van der Waals surface area (Å²) in [6.07, 6.45) is 4.26. The number of Topliss-reactive ketones (excluding diaryl/α,β-unsaturated/α-hetero) is 1. The molecule has 0 unspecified atom stereocenters. The van der Waals surface area contributed by atoms with Gasteiger partial charge in [0.1, 0.15) is 6.04 Å². The molecule has 35 heavy (non-hydrogen) atoms. The molecule has 3 amide bonds. The lowest BCUT2D eigenvalue weighted by Gasteiger charge is -2.36. The second-order valence-corrected chi connectivity index (χ2v) is 8.75. The van der Waals surface area contributed by atoms with Gasteiger partial charge in [0.25, 0.3) is 23.4 Å². The highest BCUT2D eigenvalue weighted by Crippen LogP contribution is 2.40. The molecule has 2 aliphatic rings. The number of imide groups is 1. The van der Waals surface area contributed by atoms with Crippen LogP contribution in [0.15, 0.2) is 66.7 Å². The largest absolute Gasteiger partial charge is 0.292 e. The zero-order valence-corrected chi connectivity index (χ0v) is 19.4. The first kappa shape index (κ1) is 24.0. The van der Waals surface area contributed by atoms with Gasteiger partial charge in [-0.2, -0.15) is 5.01 Å². The fourth-order valence-electron chi connectivity index (χ4n) is 4.84. The van der Waals surface area contributed by atoms with Crippen LogP contribution in [-0.2, 0) is 9.59 Å². The standard InChI is InChI=1S/C26H25N3O6/c1-3-21(23(30)17-9-5-4-6-10-17)27(24(31)18-12-14-19(15-13-18)29(34)35)28-25(32)20-11-7-8-16(2)22(20)26(28)33/h4-10,12-16,20-22H,3,11H2,1-2H3/t16-,20-,21-,22-/m1/s1. The fraction of sp³-hybridized carbons (Fsp3) is 0.308. The summed E-state index contributed by atoms with van der Waals surface area (Å²) < 4.78 is 0. The van der Waals surface area contributed by atoms with Gasteiger partial charge in [-0.25, -0.2) is 5.01 Å². The van der Waals surface area contributed by atoms with E-state index in [0.29, 0.717) is 12.0 Å². The Balaban J connectivity index is 1.79. The SMILES string of the molecule is CC[C@H](C(=O)c1ccccc1)N(C(=O)c1ccc([N+](=O)[O-])cc1)N1C(=O)[C@@H]2[C@H](C)C=CC[C@H]2C1=O. The lowest BCUT2D eigenvalue weighted by molar-refractivity contribution is -0.384. The minimum Gasteiger partial charge on any atom is -0.292 e. The summed E-state index contributed by atoms with van der Waals surface area (Å²) in [7, 11) is 0. The van der Waals surface area contributed by atoms with E-state index >= 15 is 0 Å². The van der Waals surface area contributed by atoms with E-state index in [1.807, 2.05) is 19.1 Å². The predicted molar refractivity (Wildman–Crippen MR) is 126 cm³/mol. The van der Waals surface area contributed by atoms with E-state index in [4.69, 9.17) is 0 Å². The van der Waals surface area contributed by atoms with E-state index in [1.54, 1.807) is 37.3 Å². The van der Waals surface area contributed by atoms with Gasteiger partial charge in [-0.3, -0.25) is 29.3 Å². The Morgan fingerprint density at radius 1 is 1.06 bits per heavy atom. The summed E-state index contributed by atoms with van der Waals surface area (Å²) in [5, 5.41) is 12.9. The van der Waals surface area contributed by atoms with Gasteiger partial charge >= 0.3 is 0 Å². The average molecular weight is 476 g/mol. The van der Waals surface area contributed by atoms with Crippen molar-refractivity contribution in [1.29, 1.82) is 0 Å². The molecule has 2 aromatic rings. The lowest BCUT2D eigenvalue weighted by Crippen LogP contribution is -2.57. The molecule has 0 N–H and O–H groups in total. The zero-order valence-electron chi connectivity index (χ0n) is 19.4. The Kier molecular flexibility index (Phi) is 6.59. The van der Waals surface area contributed by atoms with Crippen LogP contribution in [0.4, 0.5) is 5.69 Å². The Labute approximate surface area is 202 Å². The highest BCUT2D eigenvalue weighted by Gasteiger charge is 2.54. The predicted octanol–water partition coefficient (Wildman–Crippen LogP) is 3.81. The van der Waals surface area contributed by atoms with E-state index in [-0.39, 0.29) is 23.6 Å². The maximum absolute atomic E-state index is 13.8. The molecule has 0 radical (unpaired) electrons. The average Bonchev–Trinajstić information content (AvgIpc) is 3.12. The monoisotopic (exact) mass is 475 g/mol. The number of nitrogens with zero attached hydrogens (tertiary/aromatic N) is 3. The number of carbonyl (C=O) groups excluding carboxylic acids is 4. The van der Waals surface area contributed by atoms with Crippen LogP contribution >= 0.6 is 0 Å². The van der Waals surface area contributed by atoms with Crippen LogP contribution in [0.25, 0.3) is 0 Å². The molecular formula is C26H25N3O6. The minimum absolute atomic E-state index is 0.0246. The molecule has 0 bridgehead atoms. The van der Waals surface area contributed by atoms with Crippen LogP contribution in [0.3, 0.4) is 0 Å². The third kappa shape index (κ3) is 4.25.